The van der Waals surface area contributed by atoms with Crippen molar-refractivity contribution in [1.82, 2.24) is 3.71 Å². The Morgan fingerprint density at radius 2 is 1.68 bits per heavy atom. The van der Waals surface area contributed by atoms with Gasteiger partial charge in [0.2, 0.25) is 0 Å². The van der Waals surface area contributed by atoms with Crippen LogP contribution in [-0.2, 0) is 19.9 Å². The highest BCUT2D eigenvalue weighted by Crippen LogP contribution is 2.25. The lowest BCUT2D eigenvalue weighted by molar-refractivity contribution is -0.140. The van der Waals surface area contributed by atoms with Crippen molar-refractivity contribution < 1.29 is 32.8 Å². The molecule has 0 saturated heterocycles. The first-order chi connectivity index (χ1) is 8.57. The fraction of sp³-hybridized carbons (Fsp3) is 0.667. The van der Waals surface area contributed by atoms with Gasteiger partial charge >= 0.3 is 22.2 Å². The average Bonchev–Trinajstić information content (AvgIpc) is 2.25. The fourth-order valence-electron chi connectivity index (χ4n) is 0.696. The summed E-state index contributed by atoms with van der Waals surface area (Å²) in [6.07, 6.45) is 0. The third-order valence-electron chi connectivity index (χ3n) is 1.66. The number of hydrogen-bond acceptors (Lipinski definition) is 8. The third kappa shape index (κ3) is 7.24. The van der Waals surface area contributed by atoms with Gasteiger partial charge in [-0.2, -0.15) is 8.42 Å². The van der Waals surface area contributed by atoms with E-state index >= 15 is 0 Å². The molecule has 0 aromatic rings. The van der Waals surface area contributed by atoms with Crippen LogP contribution >= 0.6 is 34.4 Å². The summed E-state index contributed by atoms with van der Waals surface area (Å²) in [4.78, 5) is 21.2. The molecule has 0 aliphatic rings. The third-order valence-corrected chi connectivity index (χ3v) is 5.72. The Morgan fingerprint density at radius 3 is 2.05 bits per heavy atom. The fourth-order valence-corrected chi connectivity index (χ4v) is 3.87. The normalized spacial score (nSPS) is 15.2. The molecule has 0 aromatic heterocycles. The summed E-state index contributed by atoms with van der Waals surface area (Å²) >= 11 is 3.39. The summed E-state index contributed by atoms with van der Waals surface area (Å²) in [7, 11) is -2.86. The van der Waals surface area contributed by atoms with Gasteiger partial charge in [0.25, 0.3) is 0 Å². The van der Waals surface area contributed by atoms with Crippen LogP contribution in [0, 0.1) is 0 Å². The van der Waals surface area contributed by atoms with Crippen LogP contribution in [0.15, 0.2) is 0 Å². The molecule has 19 heavy (non-hydrogen) atoms. The Morgan fingerprint density at radius 1 is 1.21 bits per heavy atom. The monoisotopic (exact) mass is 352 g/mol. The Hall–Kier alpha value is -0.180. The number of hydrogen-bond donors (Lipinski definition) is 5. The number of carboxylic acids is 2. The van der Waals surface area contributed by atoms with Crippen LogP contribution in [0.5, 0.6) is 0 Å². The van der Waals surface area contributed by atoms with E-state index in [1.165, 1.54) is 0 Å². The highest BCUT2D eigenvalue weighted by molar-refractivity contribution is 8.76. The molecule has 0 bridgehead atoms. The molecular weight excluding hydrogens is 340 g/mol. The average molecular weight is 352 g/mol. The Balaban J connectivity index is 4.33. The van der Waals surface area contributed by atoms with Gasteiger partial charge in [-0.1, -0.05) is 34.4 Å². The molecule has 1 unspecified atom stereocenters. The second kappa shape index (κ2) is 8.18. The van der Waals surface area contributed by atoms with E-state index in [-0.39, 0.29) is 15.2 Å². The van der Waals surface area contributed by atoms with Crippen molar-refractivity contribution in [1.29, 1.82) is 0 Å². The van der Waals surface area contributed by atoms with Crippen LogP contribution in [0.4, 0.5) is 0 Å². The molecule has 0 rings (SSSR count). The van der Waals surface area contributed by atoms with Crippen LogP contribution in [-0.4, -0.2) is 62.4 Å². The van der Waals surface area contributed by atoms with Crippen molar-refractivity contribution in [3.05, 3.63) is 0 Å². The lowest BCUT2D eigenvalue weighted by atomic mass is 10.4. The summed E-state index contributed by atoms with van der Waals surface area (Å²) in [5, 5.41) is 17.3. The molecule has 0 saturated carbocycles. The van der Waals surface area contributed by atoms with Gasteiger partial charge in [-0.3, -0.25) is 14.1 Å². The number of thiol groups is 1. The van der Waals surface area contributed by atoms with Gasteiger partial charge < -0.3 is 15.9 Å². The molecule has 9 nitrogen and oxygen atoms in total. The van der Waals surface area contributed by atoms with Crippen molar-refractivity contribution in [2.75, 3.05) is 11.5 Å². The molecule has 2 atom stereocenters. The Labute approximate surface area is 122 Å². The summed E-state index contributed by atoms with van der Waals surface area (Å²) in [6.45, 7) is 0. The van der Waals surface area contributed by atoms with E-state index in [0.29, 0.717) is 0 Å². The van der Waals surface area contributed by atoms with E-state index in [1.807, 2.05) is 0 Å². The molecule has 0 aromatic carbocycles. The molecule has 0 spiro atoms. The predicted octanol–water partition coefficient (Wildman–Crippen LogP) is -0.818. The minimum Gasteiger partial charge on any atom is -0.480 e. The smallest absolute Gasteiger partial charge is 0.345 e. The second-order valence-electron chi connectivity index (χ2n) is 3.12. The van der Waals surface area contributed by atoms with Crippen molar-refractivity contribution in [3.63, 3.8) is 0 Å². The van der Waals surface area contributed by atoms with Gasteiger partial charge in [-0.15, -0.1) is 3.71 Å². The number of carbonyl (C=O) groups is 2. The molecule has 0 radical (unpaired) electrons. The number of carboxylic acid groups (broad SMARTS) is 2. The highest BCUT2D eigenvalue weighted by Gasteiger charge is 2.31. The van der Waals surface area contributed by atoms with E-state index < -0.39 is 34.3 Å². The molecule has 5 N–H and O–H groups in total. The van der Waals surface area contributed by atoms with Crippen LogP contribution in [0.2, 0.25) is 0 Å². The van der Waals surface area contributed by atoms with Crippen LogP contribution in [0.25, 0.3) is 0 Å². The van der Waals surface area contributed by atoms with E-state index in [1.54, 1.807) is 0 Å². The first-order valence-electron chi connectivity index (χ1n) is 4.48. The van der Waals surface area contributed by atoms with Gasteiger partial charge in [0.05, 0.1) is 0 Å². The van der Waals surface area contributed by atoms with Gasteiger partial charge in [-0.05, 0) is 0 Å². The zero-order valence-electron chi connectivity index (χ0n) is 9.24. The molecule has 0 amide bonds. The maximum Gasteiger partial charge on any atom is 0.345 e. The number of nitrogens with zero attached hydrogens (tertiary/aromatic N) is 1. The van der Waals surface area contributed by atoms with Crippen molar-refractivity contribution in [3.8, 4) is 0 Å². The molecular formula is C6H12N2O7S4. The topological polar surface area (TPSA) is 158 Å². The largest absolute Gasteiger partial charge is 0.480 e. The molecule has 0 heterocycles. The summed E-state index contributed by atoms with van der Waals surface area (Å²) in [5.41, 5.74) is 5.21. The van der Waals surface area contributed by atoms with Crippen molar-refractivity contribution >= 4 is 56.6 Å². The predicted molar refractivity (Wildman–Crippen MR) is 74.3 cm³/mol. The second-order valence-corrected chi connectivity index (χ2v) is 7.66. The van der Waals surface area contributed by atoms with E-state index in [0.717, 1.165) is 21.6 Å². The zero-order valence-corrected chi connectivity index (χ0v) is 12.6. The van der Waals surface area contributed by atoms with Gasteiger partial charge in [0.15, 0.2) is 0 Å². The summed E-state index contributed by atoms with van der Waals surface area (Å²) < 4.78 is 30.2. The van der Waals surface area contributed by atoms with Gasteiger partial charge in [0, 0.05) is 11.5 Å². The lowest BCUT2D eigenvalue weighted by Gasteiger charge is -2.19. The van der Waals surface area contributed by atoms with Crippen molar-refractivity contribution in [2.24, 2.45) is 5.73 Å². The van der Waals surface area contributed by atoms with Crippen LogP contribution in [0.1, 0.15) is 0 Å². The SMILES string of the molecule is NC(CSSC[C@@H](C(=O)O)N(S)S(=O)(=O)O)C(=O)O. The first-order valence-corrected chi connectivity index (χ1v) is 8.77. The van der Waals surface area contributed by atoms with E-state index in [4.69, 9.17) is 20.5 Å². The molecule has 112 valence electrons. The maximum atomic E-state index is 10.8. The zero-order chi connectivity index (χ0) is 15.2. The standard InChI is InChI=1S/C6H12N2O7S4/c7-3(5(9)10)1-17-18-2-4(6(11)12)8(16)19(13,14)15/h3-4,16H,1-2,7H2,(H,9,10)(H,11,12)(H,13,14,15)/t3?,4-/m0/s1. The number of rotatable bonds is 9. The van der Waals surface area contributed by atoms with Crippen LogP contribution < -0.4 is 5.73 Å². The Kier molecular flexibility index (Phi) is 8.11. The summed E-state index contributed by atoms with van der Waals surface area (Å²) in [6, 6.07) is -2.69. The van der Waals surface area contributed by atoms with E-state index in [9.17, 15) is 18.0 Å². The molecule has 13 heteroatoms. The van der Waals surface area contributed by atoms with Gasteiger partial charge in [-0.25, -0.2) is 0 Å². The van der Waals surface area contributed by atoms with Crippen LogP contribution in [0.3, 0.4) is 0 Å². The first kappa shape index (κ1) is 18.8. The van der Waals surface area contributed by atoms with E-state index in [2.05, 4.69) is 12.8 Å². The quantitative estimate of drug-likeness (QED) is 0.154. The number of aliphatic carboxylic acids is 2. The lowest BCUT2D eigenvalue weighted by Crippen LogP contribution is -2.40. The molecule has 0 aliphatic heterocycles. The minimum absolute atomic E-state index is 0.0139. The number of nitrogens with two attached hydrogens (primary N) is 1. The minimum atomic E-state index is -4.74. The van der Waals surface area contributed by atoms with Crippen molar-refractivity contribution in [2.45, 2.75) is 12.1 Å². The summed E-state index contributed by atoms with van der Waals surface area (Å²) in [5.74, 6) is -2.92. The van der Waals surface area contributed by atoms with Gasteiger partial charge in [0.1, 0.15) is 12.1 Å². The highest BCUT2D eigenvalue weighted by atomic mass is 33.1. The maximum absolute atomic E-state index is 10.8. The molecule has 0 aliphatic carbocycles. The Bertz CT molecular complexity index is 427. The molecule has 0 fully saturated rings.